The van der Waals surface area contributed by atoms with Crippen LogP contribution in [0.2, 0.25) is 0 Å². The molecule has 0 aromatic heterocycles. The van der Waals surface area contributed by atoms with E-state index in [0.717, 1.165) is 19.3 Å². The molecule has 0 aromatic rings. The van der Waals surface area contributed by atoms with Crippen molar-refractivity contribution in [3.63, 3.8) is 0 Å². The Labute approximate surface area is 78.4 Å². The van der Waals surface area contributed by atoms with Gasteiger partial charge in [0.2, 0.25) is 0 Å². The van der Waals surface area contributed by atoms with E-state index >= 15 is 0 Å². The number of hydrogen-bond acceptors (Lipinski definition) is 4. The van der Waals surface area contributed by atoms with E-state index in [0.29, 0.717) is 13.2 Å². The second-order valence-corrected chi connectivity index (χ2v) is 3.17. The van der Waals surface area contributed by atoms with Crippen molar-refractivity contribution in [3.8, 4) is 0 Å². The summed E-state index contributed by atoms with van der Waals surface area (Å²) in [5, 5.41) is 0. The predicted molar refractivity (Wildman–Crippen MR) is 48.2 cm³/mol. The van der Waals surface area contributed by atoms with Gasteiger partial charge < -0.3 is 15.2 Å². The first-order valence-corrected chi connectivity index (χ1v) is 4.80. The lowest BCUT2D eigenvalue weighted by Crippen LogP contribution is -2.38. The Morgan fingerprint density at radius 2 is 2.38 bits per heavy atom. The van der Waals surface area contributed by atoms with E-state index in [1.54, 1.807) is 6.92 Å². The summed E-state index contributed by atoms with van der Waals surface area (Å²) in [6.07, 6.45) is 2.35. The maximum atomic E-state index is 11.3. The average Bonchev–Trinajstić information content (AvgIpc) is 2.18. The van der Waals surface area contributed by atoms with Crippen LogP contribution in [-0.2, 0) is 14.3 Å². The molecule has 1 heterocycles. The van der Waals surface area contributed by atoms with E-state index in [1.165, 1.54) is 0 Å². The minimum Gasteiger partial charge on any atom is -0.464 e. The topological polar surface area (TPSA) is 61.5 Å². The highest BCUT2D eigenvalue weighted by atomic mass is 16.6. The molecule has 2 atom stereocenters. The van der Waals surface area contributed by atoms with Crippen molar-refractivity contribution >= 4 is 5.97 Å². The molecule has 4 heteroatoms. The summed E-state index contributed by atoms with van der Waals surface area (Å²) < 4.78 is 10.3. The van der Waals surface area contributed by atoms with Gasteiger partial charge in [-0.2, -0.15) is 0 Å². The van der Waals surface area contributed by atoms with Crippen LogP contribution in [0.15, 0.2) is 0 Å². The molecule has 4 nitrogen and oxygen atoms in total. The van der Waals surface area contributed by atoms with Gasteiger partial charge in [0, 0.05) is 6.54 Å². The summed E-state index contributed by atoms with van der Waals surface area (Å²) in [7, 11) is 0. The number of carbonyl (C=O) groups is 1. The van der Waals surface area contributed by atoms with Crippen LogP contribution in [0.3, 0.4) is 0 Å². The Hall–Kier alpha value is -0.610. The summed E-state index contributed by atoms with van der Waals surface area (Å²) in [6.45, 7) is 2.68. The van der Waals surface area contributed by atoms with Crippen LogP contribution in [0.5, 0.6) is 0 Å². The fraction of sp³-hybridized carbons (Fsp3) is 0.889. The van der Waals surface area contributed by atoms with Crippen LogP contribution in [0, 0.1) is 0 Å². The van der Waals surface area contributed by atoms with Gasteiger partial charge in [0.1, 0.15) is 0 Å². The smallest absolute Gasteiger partial charge is 0.335 e. The van der Waals surface area contributed by atoms with Crippen LogP contribution in [0.25, 0.3) is 0 Å². The summed E-state index contributed by atoms with van der Waals surface area (Å²) in [4.78, 5) is 11.3. The number of rotatable bonds is 3. The molecule has 1 aliphatic rings. The van der Waals surface area contributed by atoms with Gasteiger partial charge in [-0.25, -0.2) is 4.79 Å². The lowest BCUT2D eigenvalue weighted by Gasteiger charge is -2.27. The fourth-order valence-electron chi connectivity index (χ4n) is 1.48. The zero-order chi connectivity index (χ0) is 9.68. The first-order chi connectivity index (χ1) is 6.27. The summed E-state index contributed by atoms with van der Waals surface area (Å²) >= 11 is 0. The highest BCUT2D eigenvalue weighted by molar-refractivity contribution is 5.74. The van der Waals surface area contributed by atoms with Gasteiger partial charge in [0.05, 0.1) is 12.7 Å². The number of esters is 1. The Morgan fingerprint density at radius 3 is 3.00 bits per heavy atom. The first-order valence-electron chi connectivity index (χ1n) is 4.80. The standard InChI is InChI=1S/C9H17NO3/c1-2-12-9(11)8-5-3-4-7(6-10)13-8/h7-8H,2-6,10H2,1H3/t7-,8+/m1/s1. The van der Waals surface area contributed by atoms with Gasteiger partial charge in [0.25, 0.3) is 0 Å². The Bertz CT molecular complexity index is 172. The largest absolute Gasteiger partial charge is 0.464 e. The molecule has 1 fully saturated rings. The third-order valence-corrected chi connectivity index (χ3v) is 2.16. The maximum Gasteiger partial charge on any atom is 0.335 e. The van der Waals surface area contributed by atoms with E-state index in [4.69, 9.17) is 15.2 Å². The van der Waals surface area contributed by atoms with Crippen molar-refractivity contribution in [1.82, 2.24) is 0 Å². The van der Waals surface area contributed by atoms with Crippen LogP contribution in [-0.4, -0.2) is 31.3 Å². The minimum absolute atomic E-state index is 0.0307. The first kappa shape index (κ1) is 10.5. The molecule has 0 radical (unpaired) electrons. The fourth-order valence-corrected chi connectivity index (χ4v) is 1.48. The minimum atomic E-state index is -0.387. The van der Waals surface area contributed by atoms with Gasteiger partial charge in [0.15, 0.2) is 6.10 Å². The summed E-state index contributed by atoms with van der Waals surface area (Å²) in [6, 6.07) is 0. The zero-order valence-electron chi connectivity index (χ0n) is 7.99. The van der Waals surface area contributed by atoms with Gasteiger partial charge in [-0.3, -0.25) is 0 Å². The van der Waals surface area contributed by atoms with Crippen LogP contribution in [0.4, 0.5) is 0 Å². The average molecular weight is 187 g/mol. The second-order valence-electron chi connectivity index (χ2n) is 3.17. The van der Waals surface area contributed by atoms with E-state index in [9.17, 15) is 4.79 Å². The van der Waals surface area contributed by atoms with Gasteiger partial charge in [-0.1, -0.05) is 0 Å². The van der Waals surface area contributed by atoms with Crippen LogP contribution >= 0.6 is 0 Å². The van der Waals surface area contributed by atoms with E-state index in [-0.39, 0.29) is 18.2 Å². The third kappa shape index (κ3) is 2.97. The number of hydrogen-bond donors (Lipinski definition) is 1. The third-order valence-electron chi connectivity index (χ3n) is 2.16. The quantitative estimate of drug-likeness (QED) is 0.651. The molecule has 0 amide bonds. The van der Waals surface area contributed by atoms with Crippen molar-refractivity contribution in [2.45, 2.75) is 38.4 Å². The molecule has 1 aliphatic heterocycles. The molecule has 0 unspecified atom stereocenters. The summed E-state index contributed by atoms with van der Waals surface area (Å²) in [5.41, 5.74) is 5.46. The Morgan fingerprint density at radius 1 is 1.62 bits per heavy atom. The molecule has 0 aromatic carbocycles. The van der Waals surface area contributed by atoms with Gasteiger partial charge >= 0.3 is 5.97 Å². The van der Waals surface area contributed by atoms with E-state index in [2.05, 4.69) is 0 Å². The lowest BCUT2D eigenvalue weighted by molar-refractivity contribution is -0.164. The van der Waals surface area contributed by atoms with Crippen molar-refractivity contribution in [2.75, 3.05) is 13.2 Å². The van der Waals surface area contributed by atoms with Gasteiger partial charge in [-0.15, -0.1) is 0 Å². The van der Waals surface area contributed by atoms with E-state index in [1.807, 2.05) is 0 Å². The zero-order valence-corrected chi connectivity index (χ0v) is 7.99. The molecule has 0 bridgehead atoms. The Balaban J connectivity index is 2.37. The lowest BCUT2D eigenvalue weighted by atomic mass is 10.0. The molecule has 0 spiro atoms. The molecule has 76 valence electrons. The Kier molecular flexibility index (Phi) is 4.18. The molecular formula is C9H17NO3. The van der Waals surface area contributed by atoms with Crippen molar-refractivity contribution < 1.29 is 14.3 Å². The molecule has 1 rings (SSSR count). The monoisotopic (exact) mass is 187 g/mol. The second kappa shape index (κ2) is 5.19. The molecule has 2 N–H and O–H groups in total. The number of nitrogens with two attached hydrogens (primary N) is 1. The molecule has 13 heavy (non-hydrogen) atoms. The van der Waals surface area contributed by atoms with Crippen molar-refractivity contribution in [2.24, 2.45) is 5.73 Å². The molecular weight excluding hydrogens is 170 g/mol. The van der Waals surface area contributed by atoms with Crippen molar-refractivity contribution in [3.05, 3.63) is 0 Å². The normalized spacial score (nSPS) is 28.5. The SMILES string of the molecule is CCOC(=O)[C@@H]1CCC[C@H](CN)O1. The van der Waals surface area contributed by atoms with Gasteiger partial charge in [-0.05, 0) is 26.2 Å². The number of ether oxygens (including phenoxy) is 2. The van der Waals surface area contributed by atoms with Crippen LogP contribution in [0.1, 0.15) is 26.2 Å². The highest BCUT2D eigenvalue weighted by Gasteiger charge is 2.27. The molecule has 1 saturated heterocycles. The molecule has 0 aliphatic carbocycles. The molecule has 0 saturated carbocycles. The number of carbonyl (C=O) groups excluding carboxylic acids is 1. The van der Waals surface area contributed by atoms with E-state index < -0.39 is 0 Å². The van der Waals surface area contributed by atoms with Crippen LogP contribution < -0.4 is 5.73 Å². The predicted octanol–water partition coefficient (Wildman–Crippen LogP) is 0.446. The summed E-state index contributed by atoms with van der Waals surface area (Å²) in [5.74, 6) is -0.249. The highest BCUT2D eigenvalue weighted by Crippen LogP contribution is 2.19. The van der Waals surface area contributed by atoms with Crippen molar-refractivity contribution in [1.29, 1.82) is 0 Å². The maximum absolute atomic E-state index is 11.3.